The number of hydrogen-bond donors (Lipinski definition) is 0. The second-order valence-electron chi connectivity index (χ2n) is 7.89. The van der Waals surface area contributed by atoms with E-state index in [1.807, 2.05) is 30.3 Å². The molecule has 3 rings (SSSR count). The molecule has 0 spiro atoms. The Morgan fingerprint density at radius 3 is 2.40 bits per heavy atom. The van der Waals surface area contributed by atoms with Crippen molar-refractivity contribution in [1.82, 2.24) is 0 Å². The summed E-state index contributed by atoms with van der Waals surface area (Å²) < 4.78 is 57.2. The highest BCUT2D eigenvalue weighted by atomic mass is 35.5. The van der Waals surface area contributed by atoms with Crippen LogP contribution in [0.4, 0.5) is 17.6 Å². The van der Waals surface area contributed by atoms with Gasteiger partial charge in [-0.1, -0.05) is 80.1 Å². The summed E-state index contributed by atoms with van der Waals surface area (Å²) in [7, 11) is 0. The average molecular weight is 441 g/mol. The highest BCUT2D eigenvalue weighted by Crippen LogP contribution is 2.60. The van der Waals surface area contributed by atoms with Crippen LogP contribution in [0.2, 0.25) is 0 Å². The van der Waals surface area contributed by atoms with Crippen LogP contribution in [0.3, 0.4) is 0 Å². The lowest BCUT2D eigenvalue weighted by Crippen LogP contribution is -2.12. The number of hydrogen-bond acceptors (Lipinski definition) is 2. The molecule has 0 radical (unpaired) electrons. The van der Waals surface area contributed by atoms with E-state index in [1.165, 1.54) is 0 Å². The van der Waals surface area contributed by atoms with Gasteiger partial charge in [0.25, 0.3) is 0 Å². The summed E-state index contributed by atoms with van der Waals surface area (Å²) in [6, 6.07) is 14.5. The van der Waals surface area contributed by atoms with E-state index in [0.717, 1.165) is 11.6 Å². The monoisotopic (exact) mass is 440 g/mol. The Morgan fingerprint density at radius 1 is 1.13 bits per heavy atom. The molecule has 0 unspecified atom stereocenters. The van der Waals surface area contributed by atoms with Crippen molar-refractivity contribution in [2.45, 2.75) is 33.3 Å². The molecule has 0 saturated heterocycles. The maximum Gasteiger partial charge on any atom is 0.426 e. The van der Waals surface area contributed by atoms with Gasteiger partial charge in [-0.3, -0.25) is 4.79 Å². The van der Waals surface area contributed by atoms with E-state index in [-0.39, 0.29) is 6.61 Å². The molecule has 2 nitrogen and oxygen atoms in total. The van der Waals surface area contributed by atoms with Gasteiger partial charge < -0.3 is 4.74 Å². The minimum Gasteiger partial charge on any atom is -0.461 e. The van der Waals surface area contributed by atoms with Crippen LogP contribution in [0.5, 0.6) is 0 Å². The molecule has 1 fully saturated rings. The van der Waals surface area contributed by atoms with Gasteiger partial charge in [0.05, 0.1) is 5.92 Å². The fourth-order valence-electron chi connectivity index (χ4n) is 3.75. The molecule has 2 aromatic carbocycles. The number of alkyl halides is 4. The number of benzene rings is 2. The molecule has 30 heavy (non-hydrogen) atoms. The molecular weight excluding hydrogens is 420 g/mol. The molecule has 2 aromatic rings. The average Bonchev–Trinajstić information content (AvgIpc) is 3.25. The third-order valence-corrected chi connectivity index (χ3v) is 5.96. The van der Waals surface area contributed by atoms with Crippen LogP contribution in [0.15, 0.2) is 59.6 Å². The number of ether oxygens (including phenoxy) is 1. The molecular formula is C23H21ClF4O2. The molecule has 0 N–H and O–H groups in total. The molecule has 7 heteroatoms. The summed E-state index contributed by atoms with van der Waals surface area (Å²) >= 11 is 5.32. The number of halogens is 5. The zero-order valence-corrected chi connectivity index (χ0v) is 17.2. The SMILES string of the molecule is CC1(C)[C@H](C(=O)OCc2cccc(-c3ccccc3)c2CF)[C@@H]1/C=C(\Cl)C(F)(F)F. The Balaban J connectivity index is 1.74. The predicted molar refractivity (Wildman–Crippen MR) is 107 cm³/mol. The first kappa shape index (κ1) is 22.3. The molecule has 1 aliphatic rings. The van der Waals surface area contributed by atoms with Crippen molar-refractivity contribution >= 4 is 17.6 Å². The van der Waals surface area contributed by atoms with E-state index in [2.05, 4.69) is 0 Å². The van der Waals surface area contributed by atoms with E-state index in [9.17, 15) is 22.4 Å². The van der Waals surface area contributed by atoms with E-state index in [1.54, 1.807) is 32.0 Å². The first-order valence-electron chi connectivity index (χ1n) is 9.40. The maximum atomic E-state index is 13.8. The van der Waals surface area contributed by atoms with Gasteiger partial charge >= 0.3 is 12.1 Å². The summed E-state index contributed by atoms with van der Waals surface area (Å²) in [6.07, 6.45) is -3.78. The molecule has 0 aromatic heterocycles. The first-order chi connectivity index (χ1) is 14.1. The fraction of sp³-hybridized carbons (Fsp3) is 0.348. The first-order valence-corrected chi connectivity index (χ1v) is 9.78. The van der Waals surface area contributed by atoms with Gasteiger partial charge in [0.2, 0.25) is 0 Å². The van der Waals surface area contributed by atoms with Crippen LogP contribution in [0.1, 0.15) is 25.0 Å². The summed E-state index contributed by atoms with van der Waals surface area (Å²) in [6.45, 7) is 2.47. The molecule has 1 aliphatic carbocycles. The van der Waals surface area contributed by atoms with Crippen LogP contribution in [-0.4, -0.2) is 12.1 Å². The van der Waals surface area contributed by atoms with Gasteiger partial charge in [-0.05, 0) is 33.6 Å². The van der Waals surface area contributed by atoms with Crippen molar-refractivity contribution in [2.24, 2.45) is 17.3 Å². The minimum atomic E-state index is -4.65. The summed E-state index contributed by atoms with van der Waals surface area (Å²) in [4.78, 5) is 12.5. The van der Waals surface area contributed by atoms with E-state index in [0.29, 0.717) is 16.7 Å². The lowest BCUT2D eigenvalue weighted by molar-refractivity contribution is -0.147. The largest absolute Gasteiger partial charge is 0.461 e. The van der Waals surface area contributed by atoms with Crippen LogP contribution in [-0.2, 0) is 22.8 Å². The lowest BCUT2D eigenvalue weighted by Gasteiger charge is -2.13. The molecule has 0 bridgehead atoms. The van der Waals surface area contributed by atoms with Gasteiger partial charge in [0.15, 0.2) is 0 Å². The standard InChI is InChI=1S/C23H21ClF4O2/c1-22(2)18(11-19(24)23(26,27)28)20(22)21(29)30-13-15-9-6-10-16(17(15)12-25)14-7-4-3-5-8-14/h3-11,18,20H,12-13H2,1-2H3/b19-11-/t18-,20-/m0/s1. The Bertz CT molecular complexity index is 951. The van der Waals surface area contributed by atoms with Gasteiger partial charge in [0.1, 0.15) is 18.3 Å². The molecule has 2 atom stereocenters. The van der Waals surface area contributed by atoms with E-state index in [4.69, 9.17) is 16.3 Å². The van der Waals surface area contributed by atoms with Crippen molar-refractivity contribution in [1.29, 1.82) is 0 Å². The second-order valence-corrected chi connectivity index (χ2v) is 8.30. The number of rotatable bonds is 6. The van der Waals surface area contributed by atoms with Gasteiger partial charge in [-0.2, -0.15) is 13.2 Å². The fourth-order valence-corrected chi connectivity index (χ4v) is 3.88. The second kappa shape index (κ2) is 8.42. The molecule has 0 heterocycles. The molecule has 160 valence electrons. The quantitative estimate of drug-likeness (QED) is 0.364. The Hall–Kier alpha value is -2.34. The third kappa shape index (κ3) is 4.53. The van der Waals surface area contributed by atoms with E-state index < -0.39 is 41.1 Å². The third-order valence-electron chi connectivity index (χ3n) is 5.62. The number of carbonyl (C=O) groups is 1. The normalized spacial score (nSPS) is 20.7. The summed E-state index contributed by atoms with van der Waals surface area (Å²) in [5.74, 6) is -2.03. The summed E-state index contributed by atoms with van der Waals surface area (Å²) in [5, 5.41) is -1.24. The smallest absolute Gasteiger partial charge is 0.426 e. The van der Waals surface area contributed by atoms with Crippen molar-refractivity contribution in [3.8, 4) is 11.1 Å². The zero-order chi connectivity index (χ0) is 22.1. The van der Waals surface area contributed by atoms with Crippen LogP contribution in [0.25, 0.3) is 11.1 Å². The van der Waals surface area contributed by atoms with Crippen molar-refractivity contribution in [3.63, 3.8) is 0 Å². The topological polar surface area (TPSA) is 26.3 Å². The Morgan fingerprint density at radius 2 is 1.80 bits per heavy atom. The minimum absolute atomic E-state index is 0.158. The maximum absolute atomic E-state index is 13.8. The number of carbonyl (C=O) groups excluding carboxylic acids is 1. The zero-order valence-electron chi connectivity index (χ0n) is 16.5. The van der Waals surface area contributed by atoms with Crippen LogP contribution in [0, 0.1) is 17.3 Å². The van der Waals surface area contributed by atoms with Crippen LogP contribution < -0.4 is 0 Å². The van der Waals surface area contributed by atoms with E-state index >= 15 is 0 Å². The van der Waals surface area contributed by atoms with Crippen molar-refractivity contribution < 1.29 is 27.1 Å². The summed E-state index contributed by atoms with van der Waals surface area (Å²) in [5.41, 5.74) is 1.79. The Labute approximate surface area is 177 Å². The van der Waals surface area contributed by atoms with Crippen LogP contribution >= 0.6 is 11.6 Å². The molecule has 1 saturated carbocycles. The van der Waals surface area contributed by atoms with Crippen molar-refractivity contribution in [2.75, 3.05) is 0 Å². The van der Waals surface area contributed by atoms with Gasteiger partial charge in [0, 0.05) is 0 Å². The Kier molecular flexibility index (Phi) is 6.27. The molecule has 0 amide bonds. The number of allylic oxidation sites excluding steroid dienone is 2. The highest BCUT2D eigenvalue weighted by Gasteiger charge is 2.62. The lowest BCUT2D eigenvalue weighted by atomic mass is 9.96. The predicted octanol–water partition coefficient (Wildman–Crippen LogP) is 6.82. The molecule has 0 aliphatic heterocycles. The van der Waals surface area contributed by atoms with Gasteiger partial charge in [-0.15, -0.1) is 0 Å². The highest BCUT2D eigenvalue weighted by molar-refractivity contribution is 6.30. The number of esters is 1. The van der Waals surface area contributed by atoms with Gasteiger partial charge in [-0.25, -0.2) is 4.39 Å². The van der Waals surface area contributed by atoms with Crippen molar-refractivity contribution in [3.05, 3.63) is 70.8 Å².